The van der Waals surface area contributed by atoms with Gasteiger partial charge < -0.3 is 9.84 Å². The molecule has 1 aromatic carbocycles. The number of quaternary nitrogens is 1. The van der Waals surface area contributed by atoms with E-state index in [1.54, 1.807) is 34.6 Å². The SMILES string of the molecule is Cc1nc2ccc(CC3=C[N-][NH+](Cc4nccs4)S3)cc2s1. The first-order chi connectivity index (χ1) is 10.8. The van der Waals surface area contributed by atoms with Crippen molar-refractivity contribution >= 4 is 44.8 Å². The van der Waals surface area contributed by atoms with Crippen molar-refractivity contribution in [1.29, 1.82) is 0 Å². The number of nitrogens with one attached hydrogen (secondary N) is 1. The van der Waals surface area contributed by atoms with Crippen LogP contribution in [0.5, 0.6) is 0 Å². The van der Waals surface area contributed by atoms with Crippen LogP contribution in [0.1, 0.15) is 15.6 Å². The number of nitrogens with zero attached hydrogens (tertiary/aromatic N) is 3. The predicted molar refractivity (Wildman–Crippen MR) is 93.9 cm³/mol. The Morgan fingerprint density at radius 1 is 1.32 bits per heavy atom. The number of aromatic nitrogens is 2. The second-order valence-corrected chi connectivity index (χ2v) is 8.45. The van der Waals surface area contributed by atoms with Gasteiger partial charge in [-0.2, -0.15) is 0 Å². The molecule has 4 rings (SSSR count). The number of allylic oxidation sites excluding steroid dienone is 1. The molecule has 1 unspecified atom stereocenters. The van der Waals surface area contributed by atoms with Crippen molar-refractivity contribution in [3.63, 3.8) is 0 Å². The molecule has 0 amide bonds. The van der Waals surface area contributed by atoms with E-state index in [2.05, 4.69) is 40.5 Å². The van der Waals surface area contributed by atoms with Gasteiger partial charge in [0.15, 0.2) is 0 Å². The fraction of sp³-hybridized carbons (Fsp3) is 0.200. The lowest BCUT2D eigenvalue weighted by molar-refractivity contribution is -0.720. The molecule has 112 valence electrons. The lowest BCUT2D eigenvalue weighted by atomic mass is 10.1. The van der Waals surface area contributed by atoms with Crippen LogP contribution in [0.15, 0.2) is 40.9 Å². The van der Waals surface area contributed by atoms with Gasteiger partial charge in [0.05, 0.1) is 27.2 Å². The van der Waals surface area contributed by atoms with Crippen molar-refractivity contribution in [2.45, 2.75) is 19.9 Å². The van der Waals surface area contributed by atoms with Gasteiger partial charge in [-0.1, -0.05) is 6.07 Å². The molecule has 0 radical (unpaired) electrons. The minimum Gasteiger partial charge on any atom is -0.482 e. The number of hydrogen-bond acceptors (Lipinski definition) is 5. The van der Waals surface area contributed by atoms with Gasteiger partial charge in [0.25, 0.3) is 0 Å². The topological polar surface area (TPSA) is 44.3 Å². The average Bonchev–Trinajstić information content (AvgIpc) is 3.20. The fourth-order valence-electron chi connectivity index (χ4n) is 2.38. The molecule has 1 aliphatic rings. The first kappa shape index (κ1) is 14.2. The van der Waals surface area contributed by atoms with Crippen molar-refractivity contribution in [3.8, 4) is 0 Å². The Morgan fingerprint density at radius 3 is 3.14 bits per heavy atom. The summed E-state index contributed by atoms with van der Waals surface area (Å²) in [5.74, 6) is 0. The second-order valence-electron chi connectivity index (χ2n) is 5.03. The standard InChI is InChI=1S/C15H14N4S3/c1-10-18-13-3-2-11(7-14(13)21-10)6-12-8-17-19(22-12)9-15-16-4-5-20-15/h2-5,7-8,19H,6,9H2,1H3. The molecule has 0 saturated heterocycles. The monoisotopic (exact) mass is 346 g/mol. The first-order valence-corrected chi connectivity index (χ1v) is 9.45. The molecular formula is C15H14N4S3. The Bertz CT molecular complexity index is 823. The smallest absolute Gasteiger partial charge is 0.148 e. The van der Waals surface area contributed by atoms with Crippen LogP contribution < -0.4 is 4.41 Å². The molecule has 22 heavy (non-hydrogen) atoms. The minimum absolute atomic E-state index is 0.843. The summed E-state index contributed by atoms with van der Waals surface area (Å²) in [6.45, 7) is 2.90. The van der Waals surface area contributed by atoms with Crippen molar-refractivity contribution < 1.29 is 4.41 Å². The van der Waals surface area contributed by atoms with Crippen LogP contribution in [0.25, 0.3) is 15.6 Å². The van der Waals surface area contributed by atoms with E-state index in [-0.39, 0.29) is 0 Å². The summed E-state index contributed by atoms with van der Waals surface area (Å²) in [4.78, 5) is 10.1. The maximum Gasteiger partial charge on any atom is 0.148 e. The van der Waals surface area contributed by atoms with E-state index in [1.807, 2.05) is 17.8 Å². The highest BCUT2D eigenvalue weighted by Crippen LogP contribution is 2.26. The van der Waals surface area contributed by atoms with Gasteiger partial charge in [-0.15, -0.1) is 28.9 Å². The lowest BCUT2D eigenvalue weighted by Gasteiger charge is -2.19. The normalized spacial score (nSPS) is 17.7. The molecule has 0 bridgehead atoms. The van der Waals surface area contributed by atoms with Crippen molar-refractivity contribution in [1.82, 2.24) is 9.97 Å². The van der Waals surface area contributed by atoms with Gasteiger partial charge in [-0.25, -0.2) is 9.97 Å². The average molecular weight is 347 g/mol. The molecule has 4 nitrogen and oxygen atoms in total. The summed E-state index contributed by atoms with van der Waals surface area (Å²) >= 11 is 5.22. The molecule has 0 saturated carbocycles. The highest BCUT2D eigenvalue weighted by Gasteiger charge is 2.15. The lowest BCUT2D eigenvalue weighted by Crippen LogP contribution is -2.97. The number of fused-ring (bicyclic) bond motifs is 1. The largest absolute Gasteiger partial charge is 0.482 e. The molecule has 1 atom stereocenters. The third-order valence-electron chi connectivity index (χ3n) is 3.33. The molecule has 1 N–H and O–H groups in total. The molecular weight excluding hydrogens is 332 g/mol. The summed E-state index contributed by atoms with van der Waals surface area (Å²) in [6, 6.07) is 6.54. The zero-order valence-corrected chi connectivity index (χ0v) is 14.4. The third kappa shape index (κ3) is 3.03. The number of benzene rings is 1. The third-order valence-corrected chi connectivity index (χ3v) is 6.04. The summed E-state index contributed by atoms with van der Waals surface area (Å²) in [5.41, 5.74) is 6.95. The van der Waals surface area contributed by atoms with E-state index in [0.29, 0.717) is 0 Å². The van der Waals surface area contributed by atoms with E-state index in [1.165, 1.54) is 15.2 Å². The Hall–Kier alpha value is -1.41. The minimum atomic E-state index is 0.843. The number of hydrogen-bond donors (Lipinski definition) is 1. The molecule has 3 aromatic rings. The van der Waals surface area contributed by atoms with Gasteiger partial charge in [0, 0.05) is 22.9 Å². The van der Waals surface area contributed by atoms with Crippen LogP contribution in [0.2, 0.25) is 0 Å². The summed E-state index contributed by atoms with van der Waals surface area (Å²) in [7, 11) is 0. The number of aryl methyl sites for hydroxylation is 1. The van der Waals surface area contributed by atoms with Gasteiger partial charge in [0.2, 0.25) is 0 Å². The maximum absolute atomic E-state index is 4.53. The van der Waals surface area contributed by atoms with Gasteiger partial charge in [0.1, 0.15) is 11.6 Å². The predicted octanol–water partition coefficient (Wildman–Crippen LogP) is 3.48. The molecule has 0 spiro atoms. The summed E-state index contributed by atoms with van der Waals surface area (Å²) < 4.78 is 2.40. The van der Waals surface area contributed by atoms with Crippen LogP contribution in [0.3, 0.4) is 0 Å². The first-order valence-electron chi connectivity index (χ1n) is 6.94. The number of thiazole rings is 2. The summed E-state index contributed by atoms with van der Waals surface area (Å²) in [5, 5.41) is 4.26. The Labute approximate surface area is 141 Å². The quantitative estimate of drug-likeness (QED) is 0.736. The molecule has 0 fully saturated rings. The molecule has 2 aromatic heterocycles. The number of rotatable bonds is 4. The molecule has 0 aliphatic carbocycles. The Kier molecular flexibility index (Phi) is 3.87. The summed E-state index contributed by atoms with van der Waals surface area (Å²) in [6.07, 6.45) is 4.78. The Balaban J connectivity index is 1.42. The van der Waals surface area contributed by atoms with Crippen LogP contribution in [-0.4, -0.2) is 9.97 Å². The Morgan fingerprint density at radius 2 is 2.27 bits per heavy atom. The van der Waals surface area contributed by atoms with Crippen LogP contribution in [-0.2, 0) is 13.0 Å². The van der Waals surface area contributed by atoms with E-state index in [4.69, 9.17) is 0 Å². The van der Waals surface area contributed by atoms with Crippen LogP contribution in [0.4, 0.5) is 0 Å². The zero-order valence-electron chi connectivity index (χ0n) is 11.9. The maximum atomic E-state index is 4.53. The van der Waals surface area contributed by atoms with Gasteiger partial charge >= 0.3 is 0 Å². The molecule has 1 aliphatic heterocycles. The second kappa shape index (κ2) is 6.00. The van der Waals surface area contributed by atoms with Crippen LogP contribution >= 0.6 is 34.6 Å². The van der Waals surface area contributed by atoms with E-state index >= 15 is 0 Å². The van der Waals surface area contributed by atoms with Gasteiger partial charge in [-0.3, -0.25) is 0 Å². The van der Waals surface area contributed by atoms with Crippen molar-refractivity contribution in [3.05, 3.63) is 61.9 Å². The van der Waals surface area contributed by atoms with E-state index < -0.39 is 0 Å². The highest BCUT2D eigenvalue weighted by atomic mass is 32.2. The van der Waals surface area contributed by atoms with E-state index in [9.17, 15) is 0 Å². The molecule has 3 heterocycles. The fourth-order valence-corrected chi connectivity index (χ4v) is 4.94. The van der Waals surface area contributed by atoms with Gasteiger partial charge in [-0.05, 0) is 24.6 Å². The van der Waals surface area contributed by atoms with Crippen molar-refractivity contribution in [2.75, 3.05) is 0 Å². The van der Waals surface area contributed by atoms with Crippen LogP contribution in [0, 0.1) is 6.92 Å². The zero-order chi connectivity index (χ0) is 14.9. The van der Waals surface area contributed by atoms with Crippen molar-refractivity contribution in [2.24, 2.45) is 0 Å². The highest BCUT2D eigenvalue weighted by molar-refractivity contribution is 7.97. The van der Waals surface area contributed by atoms with E-state index in [0.717, 1.165) is 32.9 Å². The molecule has 7 heteroatoms.